The summed E-state index contributed by atoms with van der Waals surface area (Å²) >= 11 is 12.1. The summed E-state index contributed by atoms with van der Waals surface area (Å²) in [4.78, 5) is 78.4. The number of fused-ring (bicyclic) bond motifs is 9. The SMILES string of the molecule is C=C(C)C(=O)OCCc1cccc2ccccc12.C=CC(=O)OCC1c2ccccc2-c2ccccc21.C=CC(=O)OCC1c2ccccc2C=Cc2ccccc21.C=CC(=O)OCCCCc1cc2cccc3ccc4cccc1c4c32.C=CC(=O)OCCc1cccc2ccccc12.C=CC(=O)Oc1c(Cl)cc(Cl)c2ccccc12.C=CC(=O)Oc1ccc(OC)c2ccccc12. The molecular formula is C117H100Cl2O15. The van der Waals surface area contributed by atoms with Gasteiger partial charge in [0.2, 0.25) is 0 Å². The normalized spacial score (nSPS) is 11.2. The van der Waals surface area contributed by atoms with Crippen molar-refractivity contribution in [1.82, 2.24) is 0 Å². The number of aryl methyl sites for hydroxylation is 1. The Labute approximate surface area is 789 Å². The Morgan fingerprint density at radius 2 is 0.716 bits per heavy atom. The molecule has 0 spiro atoms. The van der Waals surface area contributed by atoms with Crippen LogP contribution in [0.25, 0.3) is 98.7 Å². The van der Waals surface area contributed by atoms with Gasteiger partial charge in [-0.25, -0.2) is 33.6 Å². The van der Waals surface area contributed by atoms with Crippen LogP contribution < -0.4 is 14.2 Å². The summed E-state index contributed by atoms with van der Waals surface area (Å²) in [6.45, 7) is 27.5. The molecule has 672 valence electrons. The molecule has 0 aromatic heterocycles. The van der Waals surface area contributed by atoms with E-state index in [1.54, 1.807) is 38.3 Å². The standard InChI is InChI=1S/C23H20O2.C19H16O2.C17H14O2.C16H16O2.C15H14O2.C14H12O3.C13H8Cl2O2/c1-2-21(24)25-14-4-3-7-18-15-19-10-5-8-16-12-13-17-9-6-11-20(18)23(17)22(16)19;1-2-19(20)21-13-18-16-9-5-3-7-14(16)11-12-15-8-4-6-10-17(15)18;1-2-17(18)19-11-16-14-9-5-3-7-12(14)13-8-4-6-10-15(13)16;1-12(2)16(17)18-11-10-14-8-5-7-13-6-3-4-9-15(13)14;1-2-15(16)17-11-10-13-8-5-7-12-6-3-4-9-14(12)13;1-3-14(15)17-13-9-8-12(16-2)10-6-4-5-7-11(10)13;1-2-12(16)17-13-9-6-4-3-5-8(9)10(14)7-11(13)15/h2,5-6,8-13,15H,1,3-4,7,14H2;2-12,18H,1,13H2;2-10,16H,1,11H2;3-9H,1,10-11H2,2H3;2-9H,1,10-11H2;3-9H,1H2,2H3;2-7H,1H2. The summed E-state index contributed by atoms with van der Waals surface area (Å²) in [6.07, 6.45) is 15.5. The van der Waals surface area contributed by atoms with Crippen molar-refractivity contribution >= 4 is 153 Å². The molecule has 16 aromatic rings. The van der Waals surface area contributed by atoms with Gasteiger partial charge in [0.25, 0.3) is 0 Å². The molecule has 0 unspecified atom stereocenters. The van der Waals surface area contributed by atoms with Crippen LogP contribution in [0.4, 0.5) is 0 Å². The van der Waals surface area contributed by atoms with Crippen molar-refractivity contribution < 1.29 is 71.5 Å². The minimum Gasteiger partial charge on any atom is -0.496 e. The zero-order chi connectivity index (χ0) is 94.8. The van der Waals surface area contributed by atoms with Crippen molar-refractivity contribution in [3.05, 3.63) is 452 Å². The maximum Gasteiger partial charge on any atom is 0.335 e. The topological polar surface area (TPSA) is 193 Å². The van der Waals surface area contributed by atoms with E-state index in [1.807, 2.05) is 127 Å². The number of carbonyl (C=O) groups excluding carboxylic acids is 7. The Kier molecular flexibility index (Phi) is 35.4. The van der Waals surface area contributed by atoms with Crippen molar-refractivity contribution in [2.75, 3.05) is 40.1 Å². The van der Waals surface area contributed by atoms with Gasteiger partial charge in [0, 0.05) is 88.3 Å². The minimum absolute atomic E-state index is 0.0382. The van der Waals surface area contributed by atoms with Gasteiger partial charge in [-0.3, -0.25) is 0 Å². The first-order valence-electron chi connectivity index (χ1n) is 43.5. The van der Waals surface area contributed by atoms with E-state index >= 15 is 0 Å². The molecule has 2 aliphatic rings. The van der Waals surface area contributed by atoms with Crippen LogP contribution in [0.1, 0.15) is 81.7 Å². The third kappa shape index (κ3) is 25.2. The van der Waals surface area contributed by atoms with Crippen molar-refractivity contribution in [2.24, 2.45) is 0 Å². The van der Waals surface area contributed by atoms with E-state index in [9.17, 15) is 33.6 Å². The monoisotopic (exact) mass is 1810 g/mol. The third-order valence-corrected chi connectivity index (χ3v) is 22.9. The predicted octanol–water partition coefficient (Wildman–Crippen LogP) is 27.0. The van der Waals surface area contributed by atoms with E-state index in [1.165, 1.54) is 128 Å². The quantitative estimate of drug-likeness (QED) is 0.0131. The highest BCUT2D eigenvalue weighted by molar-refractivity contribution is 6.40. The molecule has 0 aliphatic heterocycles. The molecular weight excluding hydrogens is 1720 g/mol. The summed E-state index contributed by atoms with van der Waals surface area (Å²) in [5.41, 5.74) is 13.8. The summed E-state index contributed by atoms with van der Waals surface area (Å²) < 4.78 is 41.2. The number of benzene rings is 16. The lowest BCUT2D eigenvalue weighted by molar-refractivity contribution is -0.139. The highest BCUT2D eigenvalue weighted by Gasteiger charge is 2.29. The summed E-state index contributed by atoms with van der Waals surface area (Å²) in [5, 5.41) is 16.8. The largest absolute Gasteiger partial charge is 0.496 e. The molecule has 0 bridgehead atoms. The zero-order valence-corrected chi connectivity index (χ0v) is 76.1. The van der Waals surface area contributed by atoms with Crippen molar-refractivity contribution in [3.8, 4) is 28.4 Å². The van der Waals surface area contributed by atoms with E-state index in [0.717, 1.165) is 77.3 Å². The maximum atomic E-state index is 11.4. The van der Waals surface area contributed by atoms with Crippen LogP contribution in [0.5, 0.6) is 17.2 Å². The molecule has 2 aliphatic carbocycles. The Balaban J connectivity index is 0.000000141. The van der Waals surface area contributed by atoms with Crippen LogP contribution in [0, 0.1) is 0 Å². The number of hydrogen-bond donors (Lipinski definition) is 0. The lowest BCUT2D eigenvalue weighted by Crippen LogP contribution is -2.14. The molecule has 0 saturated heterocycles. The number of ether oxygens (including phenoxy) is 8. The second-order valence-electron chi connectivity index (χ2n) is 30.8. The number of halogens is 2. The molecule has 0 amide bonds. The second-order valence-corrected chi connectivity index (χ2v) is 31.6. The van der Waals surface area contributed by atoms with Gasteiger partial charge in [-0.05, 0) is 159 Å². The molecule has 134 heavy (non-hydrogen) atoms. The van der Waals surface area contributed by atoms with Crippen molar-refractivity contribution in [1.29, 1.82) is 0 Å². The van der Waals surface area contributed by atoms with Gasteiger partial charge in [0.15, 0.2) is 5.75 Å². The number of unbranched alkanes of at least 4 members (excludes halogenated alkanes) is 1. The Morgan fingerprint density at radius 3 is 1.25 bits per heavy atom. The first-order chi connectivity index (χ1) is 65.3. The number of rotatable bonds is 25. The molecule has 0 atom stereocenters. The van der Waals surface area contributed by atoms with Crippen LogP contribution in [-0.2, 0) is 76.5 Å². The molecule has 0 N–H and O–H groups in total. The number of esters is 7. The van der Waals surface area contributed by atoms with Gasteiger partial charge >= 0.3 is 41.8 Å². The fourth-order valence-electron chi connectivity index (χ4n) is 16.0. The first-order valence-corrected chi connectivity index (χ1v) is 44.3. The van der Waals surface area contributed by atoms with Crippen molar-refractivity contribution in [3.63, 3.8) is 0 Å². The zero-order valence-electron chi connectivity index (χ0n) is 74.5. The molecule has 0 fully saturated rings. The van der Waals surface area contributed by atoms with Gasteiger partial charge in [-0.15, -0.1) is 0 Å². The minimum atomic E-state index is -0.556. The summed E-state index contributed by atoms with van der Waals surface area (Å²) in [6, 6.07) is 101. The van der Waals surface area contributed by atoms with Crippen LogP contribution >= 0.6 is 23.2 Å². The van der Waals surface area contributed by atoms with Crippen LogP contribution in [-0.4, -0.2) is 81.9 Å². The highest BCUT2D eigenvalue weighted by atomic mass is 35.5. The predicted molar refractivity (Wildman–Crippen MR) is 542 cm³/mol. The Hall–Kier alpha value is -15.8. The van der Waals surface area contributed by atoms with E-state index in [2.05, 4.69) is 210 Å². The molecule has 17 heteroatoms. The summed E-state index contributed by atoms with van der Waals surface area (Å²) in [5.74, 6) is -1.11. The van der Waals surface area contributed by atoms with Crippen LogP contribution in [0.15, 0.2) is 391 Å². The van der Waals surface area contributed by atoms with Crippen molar-refractivity contribution in [2.45, 2.75) is 50.9 Å². The summed E-state index contributed by atoms with van der Waals surface area (Å²) in [7, 11) is 1.61. The smallest absolute Gasteiger partial charge is 0.335 e. The molecule has 18 rings (SSSR count). The van der Waals surface area contributed by atoms with Crippen LogP contribution in [0.3, 0.4) is 0 Å². The van der Waals surface area contributed by atoms with E-state index in [4.69, 9.17) is 61.1 Å². The van der Waals surface area contributed by atoms with E-state index < -0.39 is 11.9 Å². The fourth-order valence-corrected chi connectivity index (χ4v) is 16.5. The Bertz CT molecular complexity index is 6950. The molecule has 15 nitrogen and oxygen atoms in total. The van der Waals surface area contributed by atoms with Gasteiger partial charge in [-0.1, -0.05) is 367 Å². The lowest BCUT2D eigenvalue weighted by Gasteiger charge is -2.19. The molecule has 0 heterocycles. The second kappa shape index (κ2) is 48.7. The number of methoxy groups -OCH3 is 1. The molecule has 16 aromatic carbocycles. The van der Waals surface area contributed by atoms with Gasteiger partial charge < -0.3 is 37.9 Å². The van der Waals surface area contributed by atoms with Gasteiger partial charge in [0.1, 0.15) is 24.7 Å². The molecule has 0 radical (unpaired) electrons. The molecule has 0 saturated carbocycles. The van der Waals surface area contributed by atoms with Gasteiger partial charge in [0.05, 0.1) is 37.0 Å². The van der Waals surface area contributed by atoms with Gasteiger partial charge in [-0.2, -0.15) is 0 Å². The fraction of sp³-hybridized carbons (Fsp3) is 0.120. The number of carbonyl (C=O) groups is 7. The third-order valence-electron chi connectivity index (χ3n) is 22.3. The average molecular weight is 1820 g/mol. The maximum absolute atomic E-state index is 11.4. The van der Waals surface area contributed by atoms with E-state index in [0.29, 0.717) is 65.5 Å². The Morgan fingerprint density at radius 1 is 0.321 bits per heavy atom. The van der Waals surface area contributed by atoms with E-state index in [-0.39, 0.29) is 41.7 Å². The average Bonchev–Trinajstić information content (AvgIpc) is 0.994. The first kappa shape index (κ1) is 97.3. The number of hydrogen-bond acceptors (Lipinski definition) is 15. The van der Waals surface area contributed by atoms with Crippen LogP contribution in [0.2, 0.25) is 10.0 Å². The highest BCUT2D eigenvalue weighted by Crippen LogP contribution is 2.46. The lowest BCUT2D eigenvalue weighted by atomic mass is 9.88.